The normalized spacial score (nSPS) is 27.7. The van der Waals surface area contributed by atoms with E-state index in [0.29, 0.717) is 22.4 Å². The number of aliphatic carboxylic acids is 1. The molecule has 4 aliphatic carbocycles. The highest BCUT2D eigenvalue weighted by Crippen LogP contribution is 2.51. The second-order valence-electron chi connectivity index (χ2n) is 10.2. The quantitative estimate of drug-likeness (QED) is 0.592. The molecule has 0 unspecified atom stereocenters. The van der Waals surface area contributed by atoms with Crippen LogP contribution in [0.5, 0.6) is 0 Å². The Balaban J connectivity index is 1.47. The molecule has 7 rings (SSSR count). The molecule has 3 aromatic heterocycles. The van der Waals surface area contributed by atoms with Crippen LogP contribution in [0.2, 0.25) is 0 Å². The molecular formula is C24H25F2N5O2. The van der Waals surface area contributed by atoms with Gasteiger partial charge in [0.05, 0.1) is 28.9 Å². The van der Waals surface area contributed by atoms with Crippen molar-refractivity contribution in [3.05, 3.63) is 35.3 Å². The molecule has 0 aliphatic heterocycles. The lowest BCUT2D eigenvalue weighted by molar-refractivity contribution is -0.152. The topological polar surface area (TPSA) is 105 Å². The van der Waals surface area contributed by atoms with E-state index in [2.05, 4.69) is 25.1 Å². The Morgan fingerprint density at radius 2 is 1.91 bits per heavy atom. The molecule has 0 spiro atoms. The van der Waals surface area contributed by atoms with Crippen molar-refractivity contribution in [1.82, 2.24) is 25.1 Å². The van der Waals surface area contributed by atoms with Gasteiger partial charge in [0.15, 0.2) is 17.3 Å². The lowest BCUT2D eigenvalue weighted by Crippen LogP contribution is -2.45. The van der Waals surface area contributed by atoms with Crippen molar-refractivity contribution >= 4 is 17.0 Å². The number of carbonyl (C=O) groups is 1. The minimum absolute atomic E-state index is 0.146. The van der Waals surface area contributed by atoms with Gasteiger partial charge in [0, 0.05) is 5.41 Å². The van der Waals surface area contributed by atoms with Crippen molar-refractivity contribution in [3.63, 3.8) is 0 Å². The first-order valence-corrected chi connectivity index (χ1v) is 11.6. The van der Waals surface area contributed by atoms with Gasteiger partial charge in [-0.15, -0.1) is 0 Å². The van der Waals surface area contributed by atoms with Crippen LogP contribution in [0.15, 0.2) is 12.3 Å². The molecule has 0 saturated heterocycles. The molecule has 4 aliphatic rings. The third-order valence-electron chi connectivity index (χ3n) is 8.20. The minimum atomic E-state index is -0.792. The summed E-state index contributed by atoms with van der Waals surface area (Å²) in [5, 5.41) is 17.3. The number of carboxylic acid groups (broad SMARTS) is 1. The first-order valence-electron chi connectivity index (χ1n) is 11.6. The molecule has 4 fully saturated rings. The van der Waals surface area contributed by atoms with E-state index in [9.17, 15) is 14.3 Å². The summed E-state index contributed by atoms with van der Waals surface area (Å²) in [5.41, 5.74) is 0.953. The maximum Gasteiger partial charge on any atom is 0.307 e. The van der Waals surface area contributed by atoms with Gasteiger partial charge < -0.3 is 5.11 Å². The monoisotopic (exact) mass is 453 g/mol. The lowest BCUT2D eigenvalue weighted by Gasteiger charge is -2.46. The van der Waals surface area contributed by atoms with Crippen molar-refractivity contribution in [2.45, 2.75) is 57.3 Å². The number of nitrogens with zero attached hydrogens (tertiary/aromatic N) is 4. The summed E-state index contributed by atoms with van der Waals surface area (Å²) in [5.74, 6) is -1.70. The van der Waals surface area contributed by atoms with Crippen LogP contribution in [0.1, 0.15) is 56.8 Å². The summed E-state index contributed by atoms with van der Waals surface area (Å²) in [7, 11) is 0. The van der Waals surface area contributed by atoms with Crippen LogP contribution in [-0.2, 0) is 16.6 Å². The van der Waals surface area contributed by atoms with Crippen molar-refractivity contribution in [3.8, 4) is 11.5 Å². The van der Waals surface area contributed by atoms with Crippen molar-refractivity contribution in [1.29, 1.82) is 0 Å². The van der Waals surface area contributed by atoms with E-state index in [4.69, 9.17) is 0 Å². The van der Waals surface area contributed by atoms with E-state index in [1.807, 2.05) is 6.92 Å². The molecule has 4 saturated carbocycles. The predicted molar refractivity (Wildman–Crippen MR) is 115 cm³/mol. The van der Waals surface area contributed by atoms with Crippen LogP contribution in [0.3, 0.4) is 0 Å². The number of rotatable bonds is 5. The molecule has 9 heteroatoms. The van der Waals surface area contributed by atoms with Crippen LogP contribution in [0.4, 0.5) is 8.78 Å². The van der Waals surface area contributed by atoms with E-state index in [-0.39, 0.29) is 41.1 Å². The molecule has 33 heavy (non-hydrogen) atoms. The van der Waals surface area contributed by atoms with Crippen LogP contribution in [-0.4, -0.2) is 36.2 Å². The Morgan fingerprint density at radius 3 is 2.61 bits per heavy atom. The highest BCUT2D eigenvalue weighted by molar-refractivity contribution is 5.88. The van der Waals surface area contributed by atoms with Gasteiger partial charge in [-0.3, -0.25) is 9.89 Å². The van der Waals surface area contributed by atoms with E-state index < -0.39 is 23.5 Å². The molecule has 172 valence electrons. The van der Waals surface area contributed by atoms with E-state index in [1.54, 1.807) is 0 Å². The maximum absolute atomic E-state index is 15.8. The average molecular weight is 453 g/mol. The summed E-state index contributed by atoms with van der Waals surface area (Å²) in [4.78, 5) is 25.2. The summed E-state index contributed by atoms with van der Waals surface area (Å²) >= 11 is 0. The first kappa shape index (κ1) is 20.6. The zero-order valence-corrected chi connectivity index (χ0v) is 18.3. The third kappa shape index (κ3) is 3.31. The fourth-order valence-corrected chi connectivity index (χ4v) is 6.09. The summed E-state index contributed by atoms with van der Waals surface area (Å²) in [6.45, 7) is 1.97. The van der Waals surface area contributed by atoms with Crippen LogP contribution >= 0.6 is 0 Å². The fraction of sp³-hybridized carbons (Fsp3) is 0.542. The molecule has 3 aromatic rings. The number of pyridine rings is 1. The highest BCUT2D eigenvalue weighted by atomic mass is 19.1. The van der Waals surface area contributed by atoms with Gasteiger partial charge in [-0.1, -0.05) is 6.92 Å². The maximum atomic E-state index is 15.8. The highest BCUT2D eigenvalue weighted by Gasteiger charge is 2.48. The number of hydrogen-bond acceptors (Lipinski definition) is 5. The van der Waals surface area contributed by atoms with E-state index >= 15 is 4.39 Å². The number of carboxylic acids is 1. The average Bonchev–Trinajstić information content (AvgIpc) is 3.41. The minimum Gasteiger partial charge on any atom is -0.481 e. The van der Waals surface area contributed by atoms with Crippen molar-refractivity contribution in [2.75, 3.05) is 0 Å². The largest absolute Gasteiger partial charge is 0.481 e. The van der Waals surface area contributed by atoms with Gasteiger partial charge in [0.25, 0.3) is 0 Å². The molecule has 2 atom stereocenters. The van der Waals surface area contributed by atoms with Gasteiger partial charge in [-0.05, 0) is 68.8 Å². The zero-order chi connectivity index (χ0) is 22.9. The van der Waals surface area contributed by atoms with Gasteiger partial charge in [-0.2, -0.15) is 5.10 Å². The molecule has 0 aromatic carbocycles. The standard InChI is InChI=1S/C24H25F2N5O2/c1-24(6-7-24)20-18(26)16(9-14-11-2-4-12(5-3-11)17(14)23(32)33)28-22(29-20)19-15-8-13(25)10-27-21(15)31-30-19/h8,10-12,14,17H,2-7,9H2,1H3,(H,32,33)(H,27,30,31)/t11?,12?,14-,17-/m0/s1. The van der Waals surface area contributed by atoms with Crippen LogP contribution < -0.4 is 0 Å². The summed E-state index contributed by atoms with van der Waals surface area (Å²) in [6, 6.07) is 1.31. The second-order valence-corrected chi connectivity index (χ2v) is 10.2. The first-order chi connectivity index (χ1) is 15.8. The Kier molecular flexibility index (Phi) is 4.54. The molecular weight excluding hydrogens is 428 g/mol. The molecule has 2 bridgehead atoms. The number of nitrogens with one attached hydrogen (secondary N) is 1. The predicted octanol–water partition coefficient (Wildman–Crippen LogP) is 4.42. The summed E-state index contributed by atoms with van der Waals surface area (Å²) < 4.78 is 29.6. The van der Waals surface area contributed by atoms with Crippen molar-refractivity contribution in [2.24, 2.45) is 23.7 Å². The lowest BCUT2D eigenvalue weighted by atomic mass is 9.57. The van der Waals surface area contributed by atoms with E-state index in [1.165, 1.54) is 6.07 Å². The van der Waals surface area contributed by atoms with E-state index in [0.717, 1.165) is 44.7 Å². The second kappa shape index (κ2) is 7.27. The Hall–Kier alpha value is -2.97. The number of halogens is 2. The fourth-order valence-electron chi connectivity index (χ4n) is 6.09. The van der Waals surface area contributed by atoms with Crippen LogP contribution in [0.25, 0.3) is 22.6 Å². The third-order valence-corrected chi connectivity index (χ3v) is 8.20. The SMILES string of the molecule is CC1(c2nc(-c3[nH]nc4ncc(F)cc34)nc(C[C@H]3C4CCC(CC4)[C@@H]3C(=O)O)c2F)CC1. The molecule has 2 N–H and O–H groups in total. The Morgan fingerprint density at radius 1 is 1.18 bits per heavy atom. The number of aromatic nitrogens is 5. The molecule has 0 amide bonds. The molecule has 7 nitrogen and oxygen atoms in total. The summed E-state index contributed by atoms with van der Waals surface area (Å²) in [6.07, 6.45) is 6.83. The number of fused-ring (bicyclic) bond motifs is 4. The smallest absolute Gasteiger partial charge is 0.307 e. The number of hydrogen-bond donors (Lipinski definition) is 2. The van der Waals surface area contributed by atoms with Gasteiger partial charge in [0.2, 0.25) is 0 Å². The van der Waals surface area contributed by atoms with Gasteiger partial charge >= 0.3 is 5.97 Å². The van der Waals surface area contributed by atoms with Crippen LogP contribution in [0, 0.1) is 35.3 Å². The Labute approximate surface area is 189 Å². The molecule has 3 heterocycles. The number of H-pyrrole nitrogens is 1. The Bertz CT molecular complexity index is 1260. The van der Waals surface area contributed by atoms with Crippen molar-refractivity contribution < 1.29 is 18.7 Å². The molecule has 0 radical (unpaired) electrons. The van der Waals surface area contributed by atoms with Gasteiger partial charge in [-0.25, -0.2) is 23.7 Å². The van der Waals surface area contributed by atoms with Gasteiger partial charge in [0.1, 0.15) is 11.5 Å². The zero-order valence-electron chi connectivity index (χ0n) is 18.3. The number of aromatic amines is 1.